The summed E-state index contributed by atoms with van der Waals surface area (Å²) in [5.74, 6) is 0.726. The van der Waals surface area contributed by atoms with Gasteiger partial charge < -0.3 is 4.98 Å². The molecule has 0 atom stereocenters. The average Bonchev–Trinajstić information content (AvgIpc) is 2.32. The van der Waals surface area contributed by atoms with Gasteiger partial charge >= 0.3 is 0 Å². The molecule has 1 heterocycles. The van der Waals surface area contributed by atoms with Crippen molar-refractivity contribution in [1.82, 2.24) is 9.97 Å². The number of H-pyrrole nitrogens is 1. The Labute approximate surface area is 121 Å². The minimum Gasteiger partial charge on any atom is -0.343 e. The van der Waals surface area contributed by atoms with Gasteiger partial charge in [-0.05, 0) is 30.7 Å². The average molecular weight is 299 g/mol. The number of aromatic nitrogens is 2. The van der Waals surface area contributed by atoms with Gasteiger partial charge in [0, 0.05) is 11.3 Å². The van der Waals surface area contributed by atoms with E-state index in [4.69, 9.17) is 35.4 Å². The van der Waals surface area contributed by atoms with E-state index in [1.807, 2.05) is 12.1 Å². The molecule has 0 aliphatic carbocycles. The number of hydrogen-bond donors (Lipinski definition) is 1. The molecule has 0 aliphatic rings. The lowest BCUT2D eigenvalue weighted by atomic mass is 10.2. The van der Waals surface area contributed by atoms with Crippen LogP contribution in [-0.4, -0.2) is 9.97 Å². The van der Waals surface area contributed by atoms with Gasteiger partial charge in [0.2, 0.25) is 0 Å². The van der Waals surface area contributed by atoms with Crippen LogP contribution < -0.4 is 0 Å². The normalized spacial score (nSPS) is 10.6. The molecule has 1 aromatic heterocycles. The molecule has 0 spiro atoms. The molecule has 0 radical (unpaired) electrons. The molecule has 0 aliphatic heterocycles. The number of benzene rings is 1. The third-order valence-electron chi connectivity index (χ3n) is 2.51. The summed E-state index contributed by atoms with van der Waals surface area (Å²) in [7, 11) is 0. The summed E-state index contributed by atoms with van der Waals surface area (Å²) < 4.78 is 0.582. The number of hydrogen-bond acceptors (Lipinski definition) is 2. The quantitative estimate of drug-likeness (QED) is 0.802. The number of nitrogens with one attached hydrogen (secondary N) is 1. The number of rotatable bonds is 3. The standard InChI is InChI=1S/C13H12Cl2N2S/c1-2-3-9-7-12(18)17-13(16-9)8-4-5-10(14)11(15)6-8/h4-7H,2-3H2,1H3,(H,16,17,18). The van der Waals surface area contributed by atoms with Gasteiger partial charge in [0.1, 0.15) is 10.5 Å². The second-order valence-electron chi connectivity index (χ2n) is 3.97. The van der Waals surface area contributed by atoms with Crippen molar-refractivity contribution >= 4 is 35.4 Å². The van der Waals surface area contributed by atoms with E-state index in [9.17, 15) is 0 Å². The fourth-order valence-electron chi connectivity index (χ4n) is 1.69. The fourth-order valence-corrected chi connectivity index (χ4v) is 2.22. The van der Waals surface area contributed by atoms with E-state index in [1.165, 1.54) is 0 Å². The van der Waals surface area contributed by atoms with E-state index in [-0.39, 0.29) is 0 Å². The number of aromatic amines is 1. The lowest BCUT2D eigenvalue weighted by Gasteiger charge is -2.06. The highest BCUT2D eigenvalue weighted by molar-refractivity contribution is 7.71. The Balaban J connectivity index is 2.49. The molecule has 0 amide bonds. The van der Waals surface area contributed by atoms with Crippen molar-refractivity contribution in [3.63, 3.8) is 0 Å². The van der Waals surface area contributed by atoms with Crippen LogP contribution in [0.5, 0.6) is 0 Å². The Kier molecular flexibility index (Phi) is 4.38. The summed E-state index contributed by atoms with van der Waals surface area (Å²) in [6.45, 7) is 2.12. The maximum atomic E-state index is 6.00. The lowest BCUT2D eigenvalue weighted by Crippen LogP contribution is -1.96. The maximum Gasteiger partial charge on any atom is 0.139 e. The van der Waals surface area contributed by atoms with Crippen molar-refractivity contribution in [2.75, 3.05) is 0 Å². The van der Waals surface area contributed by atoms with Crippen LogP contribution in [0.25, 0.3) is 11.4 Å². The van der Waals surface area contributed by atoms with Crippen LogP contribution in [0, 0.1) is 4.64 Å². The fraction of sp³-hybridized carbons (Fsp3) is 0.231. The summed E-state index contributed by atoms with van der Waals surface area (Å²) in [4.78, 5) is 7.58. The molecule has 0 saturated carbocycles. The predicted molar refractivity (Wildman–Crippen MR) is 78.9 cm³/mol. The van der Waals surface area contributed by atoms with Crippen molar-refractivity contribution in [3.8, 4) is 11.4 Å². The van der Waals surface area contributed by atoms with Crippen molar-refractivity contribution < 1.29 is 0 Å². The molecule has 0 saturated heterocycles. The maximum absolute atomic E-state index is 6.00. The summed E-state index contributed by atoms with van der Waals surface area (Å²) in [6.07, 6.45) is 2.00. The third-order valence-corrected chi connectivity index (χ3v) is 3.46. The zero-order chi connectivity index (χ0) is 13.1. The van der Waals surface area contributed by atoms with Gasteiger partial charge in [-0.15, -0.1) is 0 Å². The van der Waals surface area contributed by atoms with Gasteiger partial charge in [-0.3, -0.25) is 0 Å². The minimum absolute atomic E-state index is 0.510. The van der Waals surface area contributed by atoms with Crippen molar-refractivity contribution in [1.29, 1.82) is 0 Å². The number of nitrogens with zero attached hydrogens (tertiary/aromatic N) is 1. The van der Waals surface area contributed by atoms with Gasteiger partial charge in [0.15, 0.2) is 0 Å². The van der Waals surface area contributed by atoms with E-state index in [0.717, 1.165) is 29.9 Å². The molecule has 1 N–H and O–H groups in total. The summed E-state index contributed by atoms with van der Waals surface area (Å²) in [6, 6.07) is 7.30. The highest BCUT2D eigenvalue weighted by Crippen LogP contribution is 2.26. The van der Waals surface area contributed by atoms with Gasteiger partial charge in [-0.2, -0.15) is 0 Å². The van der Waals surface area contributed by atoms with Crippen molar-refractivity contribution in [2.24, 2.45) is 0 Å². The van der Waals surface area contributed by atoms with Crippen LogP contribution in [0.2, 0.25) is 10.0 Å². The summed E-state index contributed by atoms with van der Waals surface area (Å²) in [5, 5.41) is 1.04. The van der Waals surface area contributed by atoms with Crippen LogP contribution in [0.4, 0.5) is 0 Å². The molecular weight excluding hydrogens is 287 g/mol. The first kappa shape index (κ1) is 13.5. The first-order chi connectivity index (χ1) is 8.60. The highest BCUT2D eigenvalue weighted by Gasteiger charge is 2.05. The summed E-state index contributed by atoms with van der Waals surface area (Å²) in [5.41, 5.74) is 1.96. The molecule has 5 heteroatoms. The molecule has 0 fully saturated rings. The third kappa shape index (κ3) is 3.10. The zero-order valence-electron chi connectivity index (χ0n) is 9.84. The zero-order valence-corrected chi connectivity index (χ0v) is 12.2. The molecule has 1 aromatic carbocycles. The van der Waals surface area contributed by atoms with Crippen LogP contribution in [0.15, 0.2) is 24.3 Å². The number of halogens is 2. The van der Waals surface area contributed by atoms with E-state index in [0.29, 0.717) is 14.7 Å². The van der Waals surface area contributed by atoms with Gasteiger partial charge in [0.05, 0.1) is 10.0 Å². The van der Waals surface area contributed by atoms with E-state index < -0.39 is 0 Å². The van der Waals surface area contributed by atoms with Gasteiger partial charge in [-0.25, -0.2) is 4.98 Å². The molecular formula is C13H12Cl2N2S. The molecule has 94 valence electrons. The Morgan fingerprint density at radius 1 is 1.22 bits per heavy atom. The van der Waals surface area contributed by atoms with E-state index in [1.54, 1.807) is 12.1 Å². The minimum atomic E-state index is 0.510. The van der Waals surface area contributed by atoms with Crippen molar-refractivity contribution in [3.05, 3.63) is 44.6 Å². The monoisotopic (exact) mass is 298 g/mol. The Morgan fingerprint density at radius 3 is 2.67 bits per heavy atom. The van der Waals surface area contributed by atoms with Crippen LogP contribution in [-0.2, 0) is 6.42 Å². The number of aryl methyl sites for hydroxylation is 1. The first-order valence-corrected chi connectivity index (χ1v) is 6.82. The predicted octanol–water partition coefficient (Wildman–Crippen LogP) is 5.07. The molecule has 18 heavy (non-hydrogen) atoms. The van der Waals surface area contributed by atoms with E-state index >= 15 is 0 Å². The van der Waals surface area contributed by atoms with Gasteiger partial charge in [0.25, 0.3) is 0 Å². The summed E-state index contributed by atoms with van der Waals surface area (Å²) >= 11 is 17.1. The molecule has 2 nitrogen and oxygen atoms in total. The molecule has 2 rings (SSSR count). The highest BCUT2D eigenvalue weighted by atomic mass is 35.5. The topological polar surface area (TPSA) is 28.7 Å². The van der Waals surface area contributed by atoms with E-state index in [2.05, 4.69) is 16.9 Å². The largest absolute Gasteiger partial charge is 0.343 e. The SMILES string of the molecule is CCCc1cc(=S)nc(-c2ccc(Cl)c(Cl)c2)[nH]1. The Morgan fingerprint density at radius 2 is 2.00 bits per heavy atom. The molecule has 2 aromatic rings. The smallest absolute Gasteiger partial charge is 0.139 e. The Bertz CT molecular complexity index is 623. The van der Waals surface area contributed by atoms with Crippen LogP contribution >= 0.6 is 35.4 Å². The lowest BCUT2D eigenvalue weighted by molar-refractivity contribution is 0.873. The second-order valence-corrected chi connectivity index (χ2v) is 5.20. The molecule has 0 bridgehead atoms. The second kappa shape index (κ2) is 5.83. The first-order valence-electron chi connectivity index (χ1n) is 5.66. The molecule has 0 unspecified atom stereocenters. The van der Waals surface area contributed by atoms with Crippen LogP contribution in [0.1, 0.15) is 19.0 Å². The Hall–Kier alpha value is -0.900. The van der Waals surface area contributed by atoms with Gasteiger partial charge in [-0.1, -0.05) is 48.8 Å². The van der Waals surface area contributed by atoms with Crippen LogP contribution in [0.3, 0.4) is 0 Å². The van der Waals surface area contributed by atoms with Crippen molar-refractivity contribution in [2.45, 2.75) is 19.8 Å².